The minimum Gasteiger partial charge on any atom is -0.480 e. The Kier molecular flexibility index (Phi) is 6.93. The van der Waals surface area contributed by atoms with Crippen LogP contribution in [0.25, 0.3) is 0 Å². The van der Waals surface area contributed by atoms with Crippen molar-refractivity contribution < 1.29 is 14.7 Å². The Bertz CT molecular complexity index is 465. The Morgan fingerprint density at radius 1 is 1.35 bits per heavy atom. The highest BCUT2D eigenvalue weighted by Gasteiger charge is 2.19. The smallest absolute Gasteiger partial charge is 0.326 e. The zero-order chi connectivity index (χ0) is 15.0. The molecule has 0 aromatic heterocycles. The topological polar surface area (TPSA) is 78.4 Å². The number of carboxylic acids is 1. The lowest BCUT2D eigenvalue weighted by Gasteiger charge is -2.15. The molecule has 0 aliphatic heterocycles. The molecule has 0 aliphatic rings. The summed E-state index contributed by atoms with van der Waals surface area (Å²) >= 11 is 1.55. The minimum absolute atomic E-state index is 0.402. The quantitative estimate of drug-likeness (QED) is 0.722. The Balaban J connectivity index is 2.63. The minimum atomic E-state index is -1.02. The van der Waals surface area contributed by atoms with Gasteiger partial charge in [-0.05, 0) is 36.5 Å². The van der Waals surface area contributed by atoms with Gasteiger partial charge in [0.2, 0.25) is 0 Å². The number of anilines is 1. The summed E-state index contributed by atoms with van der Waals surface area (Å²) in [5.41, 5.74) is 1.72. The third-order valence-electron chi connectivity index (χ3n) is 2.86. The van der Waals surface area contributed by atoms with Crippen LogP contribution in [-0.2, 0) is 11.2 Å². The lowest BCUT2D eigenvalue weighted by atomic mass is 10.1. The van der Waals surface area contributed by atoms with Crippen LogP contribution < -0.4 is 10.6 Å². The van der Waals surface area contributed by atoms with Crippen molar-refractivity contribution in [2.45, 2.75) is 25.8 Å². The number of urea groups is 1. The summed E-state index contributed by atoms with van der Waals surface area (Å²) in [5.74, 6) is -0.332. The van der Waals surface area contributed by atoms with E-state index in [4.69, 9.17) is 5.11 Å². The number of benzene rings is 1. The molecule has 1 rings (SSSR count). The predicted molar refractivity (Wildman–Crippen MR) is 82.4 cm³/mol. The number of thioether (sulfide) groups is 1. The molecule has 0 spiro atoms. The third-order valence-corrected chi connectivity index (χ3v) is 3.50. The summed E-state index contributed by atoms with van der Waals surface area (Å²) in [7, 11) is 0. The molecule has 0 saturated carbocycles. The highest BCUT2D eigenvalue weighted by Crippen LogP contribution is 2.15. The highest BCUT2D eigenvalue weighted by atomic mass is 32.2. The maximum absolute atomic E-state index is 11.9. The summed E-state index contributed by atoms with van der Waals surface area (Å²) in [6.45, 7) is 2.00. The van der Waals surface area contributed by atoms with E-state index in [9.17, 15) is 9.59 Å². The second-order valence-electron chi connectivity index (χ2n) is 4.28. The van der Waals surface area contributed by atoms with Crippen molar-refractivity contribution >= 4 is 29.4 Å². The number of hydrogen-bond acceptors (Lipinski definition) is 3. The standard InChI is InChI=1S/C14H20N2O3S/c1-3-10-6-4-5-7-11(10)15-14(19)16-12(13(17)18)8-9-20-2/h4-7,12H,3,8-9H2,1-2H3,(H,17,18)(H2,15,16,19)/t12-/m1/s1. The van der Waals surface area contributed by atoms with Gasteiger partial charge >= 0.3 is 12.0 Å². The van der Waals surface area contributed by atoms with Gasteiger partial charge in [0.25, 0.3) is 0 Å². The van der Waals surface area contributed by atoms with Gasteiger partial charge in [0.1, 0.15) is 6.04 Å². The van der Waals surface area contributed by atoms with E-state index in [0.717, 1.165) is 12.0 Å². The molecule has 0 fully saturated rings. The Morgan fingerprint density at radius 3 is 2.65 bits per heavy atom. The van der Waals surface area contributed by atoms with Gasteiger partial charge in [-0.15, -0.1) is 0 Å². The van der Waals surface area contributed by atoms with E-state index in [1.807, 2.05) is 31.4 Å². The van der Waals surface area contributed by atoms with Crippen LogP contribution >= 0.6 is 11.8 Å². The van der Waals surface area contributed by atoms with E-state index in [1.54, 1.807) is 17.8 Å². The van der Waals surface area contributed by atoms with E-state index in [2.05, 4.69) is 10.6 Å². The van der Waals surface area contributed by atoms with E-state index < -0.39 is 18.0 Å². The largest absolute Gasteiger partial charge is 0.480 e. The first-order valence-corrected chi connectivity index (χ1v) is 7.85. The fourth-order valence-corrected chi connectivity index (χ4v) is 2.23. The van der Waals surface area contributed by atoms with Gasteiger partial charge in [0.05, 0.1) is 0 Å². The molecule has 0 saturated heterocycles. The lowest BCUT2D eigenvalue weighted by molar-refractivity contribution is -0.139. The Hall–Kier alpha value is -1.69. The number of aryl methyl sites for hydroxylation is 1. The predicted octanol–water partition coefficient (Wildman–Crippen LogP) is 2.58. The van der Waals surface area contributed by atoms with Crippen LogP contribution in [0.2, 0.25) is 0 Å². The summed E-state index contributed by atoms with van der Waals surface area (Å²) < 4.78 is 0. The molecule has 0 heterocycles. The van der Waals surface area contributed by atoms with Gasteiger partial charge in [-0.1, -0.05) is 25.1 Å². The number of carbonyl (C=O) groups excluding carboxylic acids is 1. The summed E-state index contributed by atoms with van der Waals surface area (Å²) in [4.78, 5) is 22.9. The van der Waals surface area contributed by atoms with E-state index in [0.29, 0.717) is 17.9 Å². The lowest BCUT2D eigenvalue weighted by Crippen LogP contribution is -2.43. The molecule has 110 valence electrons. The SMILES string of the molecule is CCc1ccccc1NC(=O)N[C@H](CCSC)C(=O)O. The van der Waals surface area contributed by atoms with Crippen LogP contribution in [0.1, 0.15) is 18.9 Å². The van der Waals surface area contributed by atoms with Crippen molar-refractivity contribution in [3.05, 3.63) is 29.8 Å². The van der Waals surface area contributed by atoms with Crippen molar-refractivity contribution in [1.29, 1.82) is 0 Å². The van der Waals surface area contributed by atoms with E-state index >= 15 is 0 Å². The summed E-state index contributed by atoms with van der Waals surface area (Å²) in [5, 5.41) is 14.3. The zero-order valence-corrected chi connectivity index (χ0v) is 12.5. The van der Waals surface area contributed by atoms with Gasteiger partial charge in [0.15, 0.2) is 0 Å². The van der Waals surface area contributed by atoms with Crippen LogP contribution in [0.3, 0.4) is 0 Å². The number of para-hydroxylation sites is 1. The van der Waals surface area contributed by atoms with Crippen LogP contribution in [0, 0.1) is 0 Å². The van der Waals surface area contributed by atoms with Gasteiger partial charge in [0, 0.05) is 5.69 Å². The van der Waals surface area contributed by atoms with Crippen LogP contribution in [0.15, 0.2) is 24.3 Å². The average Bonchev–Trinajstić information content (AvgIpc) is 2.43. The van der Waals surface area contributed by atoms with Crippen molar-refractivity contribution in [1.82, 2.24) is 5.32 Å². The fourth-order valence-electron chi connectivity index (χ4n) is 1.76. The van der Waals surface area contributed by atoms with Gasteiger partial charge < -0.3 is 15.7 Å². The second kappa shape index (κ2) is 8.47. The number of rotatable bonds is 7. The van der Waals surface area contributed by atoms with Crippen LogP contribution in [0.5, 0.6) is 0 Å². The number of hydrogen-bond donors (Lipinski definition) is 3. The van der Waals surface area contributed by atoms with Crippen molar-refractivity contribution in [3.8, 4) is 0 Å². The summed E-state index contributed by atoms with van der Waals surface area (Å²) in [6.07, 6.45) is 3.10. The van der Waals surface area contributed by atoms with Crippen molar-refractivity contribution in [3.63, 3.8) is 0 Å². The van der Waals surface area contributed by atoms with Crippen LogP contribution in [-0.4, -0.2) is 35.2 Å². The van der Waals surface area contributed by atoms with Crippen molar-refractivity contribution in [2.24, 2.45) is 0 Å². The van der Waals surface area contributed by atoms with Gasteiger partial charge in [-0.25, -0.2) is 9.59 Å². The maximum atomic E-state index is 11.9. The van der Waals surface area contributed by atoms with E-state index in [1.165, 1.54) is 0 Å². The molecule has 1 aromatic rings. The Morgan fingerprint density at radius 2 is 2.05 bits per heavy atom. The molecule has 20 heavy (non-hydrogen) atoms. The van der Waals surface area contributed by atoms with Gasteiger partial charge in [-0.2, -0.15) is 11.8 Å². The first-order chi connectivity index (χ1) is 9.58. The molecular weight excluding hydrogens is 276 g/mol. The molecule has 0 aliphatic carbocycles. The molecule has 3 N–H and O–H groups in total. The number of nitrogens with one attached hydrogen (secondary N) is 2. The monoisotopic (exact) mass is 296 g/mol. The Labute approximate surface area is 123 Å². The molecule has 0 unspecified atom stereocenters. The van der Waals surface area contributed by atoms with E-state index in [-0.39, 0.29) is 0 Å². The molecule has 1 aromatic carbocycles. The number of aliphatic carboxylic acids is 1. The molecule has 5 nitrogen and oxygen atoms in total. The maximum Gasteiger partial charge on any atom is 0.326 e. The molecule has 1 atom stereocenters. The average molecular weight is 296 g/mol. The molecular formula is C14H20N2O3S. The number of carbonyl (C=O) groups is 2. The molecule has 0 bridgehead atoms. The number of amides is 2. The highest BCUT2D eigenvalue weighted by molar-refractivity contribution is 7.98. The van der Waals surface area contributed by atoms with Crippen molar-refractivity contribution in [2.75, 3.05) is 17.3 Å². The summed E-state index contributed by atoms with van der Waals surface area (Å²) in [6, 6.07) is 6.11. The third kappa shape index (κ3) is 5.13. The first kappa shape index (κ1) is 16.4. The van der Waals surface area contributed by atoms with Crippen LogP contribution in [0.4, 0.5) is 10.5 Å². The zero-order valence-electron chi connectivity index (χ0n) is 11.7. The molecule has 0 radical (unpaired) electrons. The van der Waals surface area contributed by atoms with Gasteiger partial charge in [-0.3, -0.25) is 0 Å². The molecule has 2 amide bonds. The molecule has 6 heteroatoms. The fraction of sp³-hybridized carbons (Fsp3) is 0.429. The normalized spacial score (nSPS) is 11.7. The second-order valence-corrected chi connectivity index (χ2v) is 5.27. The first-order valence-electron chi connectivity index (χ1n) is 6.45. The number of carboxylic acid groups (broad SMARTS) is 1.